The second-order valence-electron chi connectivity index (χ2n) is 5.87. The Hall–Kier alpha value is -2.76. The van der Waals surface area contributed by atoms with Gasteiger partial charge in [-0.05, 0) is 18.6 Å². The lowest BCUT2D eigenvalue weighted by molar-refractivity contribution is -0.146. The lowest BCUT2D eigenvalue weighted by Crippen LogP contribution is -2.45. The van der Waals surface area contributed by atoms with Crippen molar-refractivity contribution in [1.29, 1.82) is 0 Å². The fourth-order valence-corrected chi connectivity index (χ4v) is 3.36. The number of rotatable bonds is 2. The highest BCUT2D eigenvalue weighted by Crippen LogP contribution is 2.41. The average Bonchev–Trinajstić information content (AvgIpc) is 2.51. The number of hydrogen-bond donors (Lipinski definition) is 0. The number of allylic oxidation sites excluding steroid dienone is 1. The van der Waals surface area contributed by atoms with Crippen molar-refractivity contribution in [2.75, 3.05) is 0 Å². The summed E-state index contributed by atoms with van der Waals surface area (Å²) < 4.78 is 10.3. The van der Waals surface area contributed by atoms with Gasteiger partial charge in [0.2, 0.25) is 0 Å². The minimum absolute atomic E-state index is 0.0930. The van der Waals surface area contributed by atoms with E-state index in [0.717, 1.165) is 0 Å². The van der Waals surface area contributed by atoms with Gasteiger partial charge in [0.1, 0.15) is 11.9 Å². The molecule has 0 aromatic heterocycles. The molecule has 0 aliphatic heterocycles. The first kappa shape index (κ1) is 16.1. The maximum Gasteiger partial charge on any atom is 0.308 e. The lowest BCUT2D eigenvalue weighted by Gasteiger charge is -2.36. The molecule has 1 aromatic carbocycles. The molecular formula is C18H16O6. The zero-order chi connectivity index (χ0) is 17.4. The summed E-state index contributed by atoms with van der Waals surface area (Å²) in [6.07, 6.45) is 3.00. The van der Waals surface area contributed by atoms with Crippen LogP contribution in [0.5, 0.6) is 5.75 Å². The number of hydrogen-bond acceptors (Lipinski definition) is 6. The van der Waals surface area contributed by atoms with Crippen molar-refractivity contribution in [2.24, 2.45) is 11.8 Å². The smallest absolute Gasteiger partial charge is 0.308 e. The van der Waals surface area contributed by atoms with Crippen LogP contribution < -0.4 is 4.74 Å². The van der Waals surface area contributed by atoms with Crippen LogP contribution in [0.25, 0.3) is 0 Å². The number of ether oxygens (including phenoxy) is 2. The van der Waals surface area contributed by atoms with Crippen molar-refractivity contribution in [2.45, 2.75) is 26.4 Å². The zero-order valence-electron chi connectivity index (χ0n) is 13.3. The lowest BCUT2D eigenvalue weighted by atomic mass is 9.68. The van der Waals surface area contributed by atoms with Crippen molar-refractivity contribution in [1.82, 2.24) is 0 Å². The van der Waals surface area contributed by atoms with Gasteiger partial charge in [0.05, 0.1) is 11.5 Å². The van der Waals surface area contributed by atoms with Crippen molar-refractivity contribution >= 4 is 23.5 Å². The zero-order valence-corrected chi connectivity index (χ0v) is 13.3. The third kappa shape index (κ3) is 2.64. The van der Waals surface area contributed by atoms with Gasteiger partial charge in [0.15, 0.2) is 11.6 Å². The number of benzene rings is 1. The molecule has 3 rings (SSSR count). The molecule has 0 amide bonds. The Kier molecular flexibility index (Phi) is 4.05. The molecular weight excluding hydrogens is 312 g/mol. The molecule has 124 valence electrons. The molecule has 0 saturated heterocycles. The summed E-state index contributed by atoms with van der Waals surface area (Å²) >= 11 is 0. The summed E-state index contributed by atoms with van der Waals surface area (Å²) in [7, 11) is 0. The van der Waals surface area contributed by atoms with Crippen LogP contribution in [-0.4, -0.2) is 29.6 Å². The molecule has 24 heavy (non-hydrogen) atoms. The van der Waals surface area contributed by atoms with E-state index in [4.69, 9.17) is 9.47 Å². The summed E-state index contributed by atoms with van der Waals surface area (Å²) in [5, 5.41) is 0. The van der Waals surface area contributed by atoms with Crippen LogP contribution in [-0.2, 0) is 14.3 Å². The molecule has 0 bridgehead atoms. The maximum absolute atomic E-state index is 12.9. The van der Waals surface area contributed by atoms with Gasteiger partial charge in [-0.3, -0.25) is 19.2 Å². The van der Waals surface area contributed by atoms with E-state index in [1.54, 1.807) is 18.2 Å². The van der Waals surface area contributed by atoms with Crippen LogP contribution in [0, 0.1) is 11.8 Å². The molecule has 2 aliphatic carbocycles. The molecule has 0 fully saturated rings. The van der Waals surface area contributed by atoms with E-state index < -0.39 is 29.9 Å². The van der Waals surface area contributed by atoms with Gasteiger partial charge in [0.25, 0.3) is 0 Å². The minimum Gasteiger partial charge on any atom is -0.458 e. The van der Waals surface area contributed by atoms with Gasteiger partial charge in [-0.15, -0.1) is 0 Å². The molecule has 0 radical (unpaired) electrons. The van der Waals surface area contributed by atoms with Crippen LogP contribution in [0.2, 0.25) is 0 Å². The molecule has 1 aromatic rings. The van der Waals surface area contributed by atoms with Gasteiger partial charge in [-0.1, -0.05) is 18.2 Å². The largest absolute Gasteiger partial charge is 0.458 e. The molecule has 6 nitrogen and oxygen atoms in total. The first-order valence-corrected chi connectivity index (χ1v) is 7.64. The second-order valence-corrected chi connectivity index (χ2v) is 5.87. The Bertz CT molecular complexity index is 776. The van der Waals surface area contributed by atoms with E-state index in [0.29, 0.717) is 6.42 Å². The van der Waals surface area contributed by atoms with Gasteiger partial charge >= 0.3 is 11.9 Å². The number of fused-ring (bicyclic) bond motifs is 2. The van der Waals surface area contributed by atoms with E-state index >= 15 is 0 Å². The molecule has 0 N–H and O–H groups in total. The number of esters is 2. The van der Waals surface area contributed by atoms with Crippen molar-refractivity contribution < 1.29 is 28.7 Å². The predicted octanol–water partition coefficient (Wildman–Crippen LogP) is 2.11. The average molecular weight is 328 g/mol. The Labute approximate surface area is 138 Å². The third-order valence-corrected chi connectivity index (χ3v) is 4.24. The highest BCUT2D eigenvalue weighted by Gasteiger charge is 2.48. The van der Waals surface area contributed by atoms with Crippen LogP contribution in [0.1, 0.15) is 41.0 Å². The van der Waals surface area contributed by atoms with Crippen molar-refractivity contribution in [3.63, 3.8) is 0 Å². The fraction of sp³-hybridized carbons (Fsp3) is 0.333. The summed E-state index contributed by atoms with van der Waals surface area (Å²) in [6, 6.07) is 4.58. The van der Waals surface area contributed by atoms with Crippen molar-refractivity contribution in [3.05, 3.63) is 41.5 Å². The summed E-state index contributed by atoms with van der Waals surface area (Å²) in [4.78, 5) is 48.4. The molecule has 0 heterocycles. The number of carbonyl (C=O) groups is 4. The standard InChI is InChI=1S/C18H16O6/c1-9(19)23-13-7-3-5-11-15(13)17(21)12-6-4-8-14(24-10(2)20)16(12)18(11)22/h3-5,7-8,12,14,16H,6H2,1-2H3/t12-,14+,16+/m0/s1. The van der Waals surface area contributed by atoms with Crippen molar-refractivity contribution in [3.8, 4) is 5.75 Å². The highest BCUT2D eigenvalue weighted by atomic mass is 16.5. The third-order valence-electron chi connectivity index (χ3n) is 4.24. The molecule has 6 heteroatoms. The quantitative estimate of drug-likeness (QED) is 0.469. The Balaban J connectivity index is 2.08. The first-order chi connectivity index (χ1) is 11.4. The van der Waals surface area contributed by atoms with Gasteiger partial charge in [-0.2, -0.15) is 0 Å². The Morgan fingerprint density at radius 1 is 1.08 bits per heavy atom. The van der Waals surface area contributed by atoms with E-state index in [9.17, 15) is 19.2 Å². The second kappa shape index (κ2) is 6.03. The van der Waals surface area contributed by atoms with Gasteiger partial charge < -0.3 is 9.47 Å². The molecule has 0 spiro atoms. The Morgan fingerprint density at radius 3 is 2.50 bits per heavy atom. The van der Waals surface area contributed by atoms with E-state index in [1.165, 1.54) is 26.0 Å². The summed E-state index contributed by atoms with van der Waals surface area (Å²) in [5.41, 5.74) is 0.336. The SMILES string of the molecule is CC(=O)Oc1cccc2c1C(=O)[C@H]1CC=C[C@@H](OC(C)=O)[C@@H]1C2=O. The fourth-order valence-electron chi connectivity index (χ4n) is 3.36. The van der Waals surface area contributed by atoms with E-state index in [-0.39, 0.29) is 28.4 Å². The molecule has 2 aliphatic rings. The normalized spacial score (nSPS) is 24.8. The van der Waals surface area contributed by atoms with Crippen LogP contribution in [0.4, 0.5) is 0 Å². The Morgan fingerprint density at radius 2 is 1.83 bits per heavy atom. The summed E-state index contributed by atoms with van der Waals surface area (Å²) in [5.74, 6) is -2.90. The topological polar surface area (TPSA) is 86.7 Å². The predicted molar refractivity (Wildman–Crippen MR) is 82.7 cm³/mol. The van der Waals surface area contributed by atoms with Crippen LogP contribution in [0.3, 0.4) is 0 Å². The number of carbonyl (C=O) groups excluding carboxylic acids is 4. The van der Waals surface area contributed by atoms with Crippen LogP contribution in [0.15, 0.2) is 30.4 Å². The van der Waals surface area contributed by atoms with Crippen LogP contribution >= 0.6 is 0 Å². The molecule has 0 unspecified atom stereocenters. The molecule has 3 atom stereocenters. The van der Waals surface area contributed by atoms with Gasteiger partial charge in [0, 0.05) is 25.3 Å². The number of Topliss-reactive ketones (excluding diaryl/α,β-unsaturated/α-hetero) is 2. The maximum atomic E-state index is 12.9. The first-order valence-electron chi connectivity index (χ1n) is 7.64. The summed E-state index contributed by atoms with van der Waals surface area (Å²) in [6.45, 7) is 2.50. The van der Waals surface area contributed by atoms with Gasteiger partial charge in [-0.25, -0.2) is 0 Å². The van der Waals surface area contributed by atoms with E-state index in [1.807, 2.05) is 0 Å². The monoisotopic (exact) mass is 328 g/mol. The van der Waals surface area contributed by atoms with E-state index in [2.05, 4.69) is 0 Å². The highest BCUT2D eigenvalue weighted by molar-refractivity contribution is 6.18. The molecule has 0 saturated carbocycles. The number of ketones is 2. The minimum atomic E-state index is -0.761.